The third-order valence-electron chi connectivity index (χ3n) is 4.44. The molecule has 0 aromatic rings. The molecular formula is C17H36ClN. The first-order valence-corrected chi connectivity index (χ1v) is 8.77. The van der Waals surface area contributed by atoms with Crippen LogP contribution in [0.25, 0.3) is 0 Å². The van der Waals surface area contributed by atoms with Crippen LogP contribution in [0.15, 0.2) is 0 Å². The molecule has 1 fully saturated rings. The molecule has 0 saturated carbocycles. The second-order valence-electron chi connectivity index (χ2n) is 6.24. The number of likely N-dealkylation sites (tertiary alicyclic amines) is 1. The Kier molecular flexibility index (Phi) is 14.8. The van der Waals surface area contributed by atoms with Crippen molar-refractivity contribution in [1.82, 2.24) is 0 Å². The molecule has 1 saturated heterocycles. The summed E-state index contributed by atoms with van der Waals surface area (Å²) in [5.74, 6) is 0. The summed E-state index contributed by atoms with van der Waals surface area (Å²) < 4.78 is 0. The molecule has 0 radical (unpaired) electrons. The average Bonchev–Trinajstić information content (AvgIpc) is 2.65. The second kappa shape index (κ2) is 14.7. The van der Waals surface area contributed by atoms with Crippen LogP contribution >= 0.6 is 0 Å². The topological polar surface area (TPSA) is 4.44 Å². The zero-order valence-corrected chi connectivity index (χ0v) is 13.9. The molecule has 0 atom stereocenters. The zero-order valence-electron chi connectivity index (χ0n) is 13.2. The average molecular weight is 290 g/mol. The molecule has 116 valence electrons. The maximum atomic E-state index is 2.30. The highest BCUT2D eigenvalue weighted by Crippen LogP contribution is 2.09. The lowest BCUT2D eigenvalue weighted by atomic mass is 10.1. The van der Waals surface area contributed by atoms with Gasteiger partial charge < -0.3 is 17.3 Å². The molecule has 0 aromatic heterocycles. The van der Waals surface area contributed by atoms with E-state index in [9.17, 15) is 0 Å². The molecule has 1 nitrogen and oxygen atoms in total. The first-order chi connectivity index (χ1) is 8.93. The predicted molar refractivity (Wildman–Crippen MR) is 81.3 cm³/mol. The van der Waals surface area contributed by atoms with Crippen molar-refractivity contribution in [3.05, 3.63) is 0 Å². The standard InChI is InChI=1S/C17H35N.ClH/c1-2-3-4-5-6-7-8-9-12-15-18-16-13-10-11-14-17-18;/h2-17H2,1H3;1H. The van der Waals surface area contributed by atoms with Gasteiger partial charge in [0.25, 0.3) is 0 Å². The van der Waals surface area contributed by atoms with E-state index in [2.05, 4.69) is 6.92 Å². The summed E-state index contributed by atoms with van der Waals surface area (Å²) in [7, 11) is 0. The molecule has 0 unspecified atom stereocenters. The Morgan fingerprint density at radius 1 is 0.632 bits per heavy atom. The maximum Gasteiger partial charge on any atom is 0.0770 e. The number of nitrogens with one attached hydrogen (secondary N) is 1. The highest BCUT2D eigenvalue weighted by atomic mass is 35.5. The summed E-state index contributed by atoms with van der Waals surface area (Å²) >= 11 is 0. The predicted octanol–water partition coefficient (Wildman–Crippen LogP) is 0.980. The highest BCUT2D eigenvalue weighted by molar-refractivity contribution is 4.49. The first kappa shape index (κ1) is 19.2. The fourth-order valence-corrected chi connectivity index (χ4v) is 3.16. The molecule has 1 aliphatic rings. The quantitative estimate of drug-likeness (QED) is 0.572. The molecule has 1 N–H and O–H groups in total. The number of hydrogen-bond acceptors (Lipinski definition) is 0. The van der Waals surface area contributed by atoms with E-state index in [0.29, 0.717) is 0 Å². The Morgan fingerprint density at radius 3 is 1.63 bits per heavy atom. The molecule has 0 aliphatic carbocycles. The molecule has 1 rings (SSSR count). The summed E-state index contributed by atoms with van der Waals surface area (Å²) in [6, 6.07) is 0. The van der Waals surface area contributed by atoms with Crippen LogP contribution in [-0.4, -0.2) is 19.6 Å². The highest BCUT2D eigenvalue weighted by Gasteiger charge is 2.10. The summed E-state index contributed by atoms with van der Waals surface area (Å²) in [6.07, 6.45) is 19.1. The number of hydrogen-bond donors (Lipinski definition) is 1. The van der Waals surface area contributed by atoms with E-state index in [-0.39, 0.29) is 12.4 Å². The minimum absolute atomic E-state index is 0. The van der Waals surface area contributed by atoms with E-state index >= 15 is 0 Å². The third-order valence-corrected chi connectivity index (χ3v) is 4.44. The SMILES string of the molecule is CCCCCCCCCCC[NH+]1CCCCCC1.[Cl-]. The lowest BCUT2D eigenvalue weighted by molar-refractivity contribution is -0.899. The normalized spacial score (nSPS) is 16.9. The van der Waals surface area contributed by atoms with Crippen molar-refractivity contribution in [2.24, 2.45) is 0 Å². The van der Waals surface area contributed by atoms with Gasteiger partial charge in [0.2, 0.25) is 0 Å². The Morgan fingerprint density at radius 2 is 1.11 bits per heavy atom. The smallest absolute Gasteiger partial charge is 0.0770 e. The Balaban J connectivity index is 0.00000324. The van der Waals surface area contributed by atoms with E-state index in [0.717, 1.165) is 0 Å². The van der Waals surface area contributed by atoms with Crippen molar-refractivity contribution in [3.8, 4) is 0 Å². The third kappa shape index (κ3) is 11.8. The summed E-state index contributed by atoms with van der Waals surface area (Å²) in [5, 5.41) is 0. The van der Waals surface area contributed by atoms with Gasteiger partial charge in [0, 0.05) is 0 Å². The van der Waals surface area contributed by atoms with Gasteiger partial charge in [-0.25, -0.2) is 0 Å². The first-order valence-electron chi connectivity index (χ1n) is 8.77. The monoisotopic (exact) mass is 289 g/mol. The Hall–Kier alpha value is 0.250. The summed E-state index contributed by atoms with van der Waals surface area (Å²) in [4.78, 5) is 1.90. The second-order valence-corrected chi connectivity index (χ2v) is 6.24. The van der Waals surface area contributed by atoms with Crippen LogP contribution < -0.4 is 17.3 Å². The van der Waals surface area contributed by atoms with Crippen LogP contribution in [-0.2, 0) is 0 Å². The van der Waals surface area contributed by atoms with Crippen LogP contribution in [0.1, 0.15) is 90.4 Å². The van der Waals surface area contributed by atoms with Gasteiger partial charge in [-0.2, -0.15) is 0 Å². The Labute approximate surface area is 127 Å². The molecule has 1 aliphatic heterocycles. The largest absolute Gasteiger partial charge is 1.00 e. The molecule has 0 aromatic carbocycles. The van der Waals surface area contributed by atoms with Crippen molar-refractivity contribution < 1.29 is 17.3 Å². The van der Waals surface area contributed by atoms with Gasteiger partial charge in [-0.3, -0.25) is 0 Å². The van der Waals surface area contributed by atoms with E-state index in [1.807, 2.05) is 4.90 Å². The zero-order chi connectivity index (χ0) is 12.9. The molecule has 0 spiro atoms. The lowest BCUT2D eigenvalue weighted by Gasteiger charge is -2.16. The molecule has 0 amide bonds. The van der Waals surface area contributed by atoms with Crippen molar-refractivity contribution in [1.29, 1.82) is 0 Å². The molecule has 2 heteroatoms. The van der Waals surface area contributed by atoms with Crippen LogP contribution in [0.4, 0.5) is 0 Å². The summed E-state index contributed by atoms with van der Waals surface area (Å²) in [6.45, 7) is 6.66. The van der Waals surface area contributed by atoms with Crippen molar-refractivity contribution >= 4 is 0 Å². The fraction of sp³-hybridized carbons (Fsp3) is 1.00. The molecule has 0 bridgehead atoms. The van der Waals surface area contributed by atoms with Gasteiger partial charge >= 0.3 is 0 Å². The van der Waals surface area contributed by atoms with Gasteiger partial charge in [-0.1, -0.05) is 51.9 Å². The summed E-state index contributed by atoms with van der Waals surface area (Å²) in [5.41, 5.74) is 0. The van der Waals surface area contributed by atoms with Crippen LogP contribution in [0.5, 0.6) is 0 Å². The van der Waals surface area contributed by atoms with Gasteiger partial charge in [0.05, 0.1) is 19.6 Å². The fourth-order valence-electron chi connectivity index (χ4n) is 3.16. The van der Waals surface area contributed by atoms with Crippen LogP contribution in [0, 0.1) is 0 Å². The number of halogens is 1. The van der Waals surface area contributed by atoms with Crippen LogP contribution in [0.3, 0.4) is 0 Å². The van der Waals surface area contributed by atoms with E-state index < -0.39 is 0 Å². The maximum absolute atomic E-state index is 2.30. The van der Waals surface area contributed by atoms with E-state index in [1.54, 1.807) is 0 Å². The number of quaternary nitrogens is 1. The van der Waals surface area contributed by atoms with Crippen LogP contribution in [0.2, 0.25) is 0 Å². The van der Waals surface area contributed by atoms with Gasteiger partial charge in [0.1, 0.15) is 0 Å². The molecule has 1 heterocycles. The van der Waals surface area contributed by atoms with Gasteiger partial charge in [-0.15, -0.1) is 0 Å². The van der Waals surface area contributed by atoms with Crippen molar-refractivity contribution in [2.45, 2.75) is 90.4 Å². The van der Waals surface area contributed by atoms with Crippen molar-refractivity contribution in [3.63, 3.8) is 0 Å². The lowest BCUT2D eigenvalue weighted by Crippen LogP contribution is -3.11. The number of rotatable bonds is 10. The van der Waals surface area contributed by atoms with Crippen molar-refractivity contribution in [2.75, 3.05) is 19.6 Å². The van der Waals surface area contributed by atoms with Gasteiger partial charge in [-0.05, 0) is 38.5 Å². The molecular weight excluding hydrogens is 254 g/mol. The van der Waals surface area contributed by atoms with E-state index in [4.69, 9.17) is 0 Å². The van der Waals surface area contributed by atoms with E-state index in [1.165, 1.54) is 103 Å². The molecule has 19 heavy (non-hydrogen) atoms. The minimum Gasteiger partial charge on any atom is -1.00 e. The minimum atomic E-state index is 0. The number of unbranched alkanes of at least 4 members (excludes halogenated alkanes) is 8. The van der Waals surface area contributed by atoms with Gasteiger partial charge in [0.15, 0.2) is 0 Å². The Bertz CT molecular complexity index is 165.